The van der Waals surface area contributed by atoms with E-state index in [1.807, 2.05) is 35.0 Å². The molecule has 2 aromatic heterocycles. The Kier molecular flexibility index (Phi) is 5.91. The molecule has 0 saturated heterocycles. The first-order valence-electron chi connectivity index (χ1n) is 9.43. The minimum atomic E-state index is -0.641. The SMILES string of the molecule is COc1ccc(NC(=O)c2ccc(Cl)c([N+](=O)[O-])c2)cc1OCc1cn2ccccc2n1. The number of imidazole rings is 1. The van der Waals surface area contributed by atoms with Crippen LogP contribution in [0.2, 0.25) is 5.02 Å². The lowest BCUT2D eigenvalue weighted by atomic mass is 10.2. The zero-order chi connectivity index (χ0) is 22.7. The van der Waals surface area contributed by atoms with Crippen molar-refractivity contribution in [1.29, 1.82) is 0 Å². The van der Waals surface area contributed by atoms with Crippen molar-refractivity contribution in [3.05, 3.63) is 93.4 Å². The van der Waals surface area contributed by atoms with E-state index in [2.05, 4.69) is 10.3 Å². The number of nitro benzene ring substituents is 1. The molecular weight excluding hydrogens is 436 g/mol. The number of rotatable bonds is 7. The van der Waals surface area contributed by atoms with Gasteiger partial charge in [-0.3, -0.25) is 14.9 Å². The maximum atomic E-state index is 12.6. The molecule has 4 aromatic rings. The van der Waals surface area contributed by atoms with Crippen LogP contribution < -0.4 is 14.8 Å². The highest BCUT2D eigenvalue weighted by Crippen LogP contribution is 2.31. The first-order valence-corrected chi connectivity index (χ1v) is 9.81. The third kappa shape index (κ3) is 4.47. The van der Waals surface area contributed by atoms with Crippen LogP contribution >= 0.6 is 11.6 Å². The fourth-order valence-corrected chi connectivity index (χ4v) is 3.26. The zero-order valence-corrected chi connectivity index (χ0v) is 17.6. The highest BCUT2D eigenvalue weighted by molar-refractivity contribution is 6.32. The van der Waals surface area contributed by atoms with Crippen LogP contribution in [-0.4, -0.2) is 27.3 Å². The summed E-state index contributed by atoms with van der Waals surface area (Å²) >= 11 is 5.81. The van der Waals surface area contributed by atoms with Gasteiger partial charge in [0, 0.05) is 35.8 Å². The molecule has 32 heavy (non-hydrogen) atoms. The van der Waals surface area contributed by atoms with Crippen molar-refractivity contribution in [2.45, 2.75) is 6.61 Å². The highest BCUT2D eigenvalue weighted by atomic mass is 35.5. The second kappa shape index (κ2) is 8.94. The van der Waals surface area contributed by atoms with Crippen molar-refractivity contribution in [2.75, 3.05) is 12.4 Å². The average Bonchev–Trinajstić information content (AvgIpc) is 3.21. The standard InChI is InChI=1S/C22H17ClN4O5/c1-31-19-8-6-15(25-22(28)14-5-7-17(23)18(10-14)27(29)30)11-20(19)32-13-16-12-26-9-3-2-4-21(26)24-16/h2-12H,13H2,1H3,(H,25,28). The van der Waals surface area contributed by atoms with E-state index in [1.54, 1.807) is 18.2 Å². The van der Waals surface area contributed by atoms with E-state index in [4.69, 9.17) is 21.1 Å². The Morgan fingerprint density at radius 2 is 2.03 bits per heavy atom. The van der Waals surface area contributed by atoms with Gasteiger partial charge in [-0.1, -0.05) is 17.7 Å². The van der Waals surface area contributed by atoms with Crippen molar-refractivity contribution in [2.24, 2.45) is 0 Å². The Balaban J connectivity index is 1.51. The molecule has 0 saturated carbocycles. The van der Waals surface area contributed by atoms with Gasteiger partial charge in [-0.15, -0.1) is 0 Å². The van der Waals surface area contributed by atoms with Gasteiger partial charge in [0.05, 0.1) is 17.7 Å². The summed E-state index contributed by atoms with van der Waals surface area (Å²) in [6.45, 7) is 0.193. The van der Waals surface area contributed by atoms with E-state index >= 15 is 0 Å². The molecule has 2 aromatic carbocycles. The number of methoxy groups -OCH3 is 1. The van der Waals surface area contributed by atoms with Crippen LogP contribution in [0.25, 0.3) is 5.65 Å². The average molecular weight is 453 g/mol. The number of amides is 1. The lowest BCUT2D eigenvalue weighted by Gasteiger charge is -2.12. The molecule has 162 valence electrons. The Morgan fingerprint density at radius 1 is 1.19 bits per heavy atom. The monoisotopic (exact) mass is 452 g/mol. The summed E-state index contributed by atoms with van der Waals surface area (Å²) in [5.41, 5.74) is 1.71. The number of nitro groups is 1. The van der Waals surface area contributed by atoms with E-state index in [-0.39, 0.29) is 22.9 Å². The lowest BCUT2D eigenvalue weighted by Crippen LogP contribution is -2.12. The molecule has 10 heteroatoms. The van der Waals surface area contributed by atoms with E-state index in [0.717, 1.165) is 17.4 Å². The minimum Gasteiger partial charge on any atom is -0.493 e. The van der Waals surface area contributed by atoms with Crippen LogP contribution in [-0.2, 0) is 6.61 Å². The number of benzene rings is 2. The van der Waals surface area contributed by atoms with Crippen LogP contribution in [0, 0.1) is 10.1 Å². The molecule has 1 amide bonds. The van der Waals surface area contributed by atoms with Gasteiger partial charge in [0.2, 0.25) is 0 Å². The third-order valence-corrected chi connectivity index (χ3v) is 4.94. The van der Waals surface area contributed by atoms with Gasteiger partial charge in [-0.2, -0.15) is 0 Å². The van der Waals surface area contributed by atoms with Gasteiger partial charge in [0.15, 0.2) is 11.5 Å². The highest BCUT2D eigenvalue weighted by Gasteiger charge is 2.17. The fourth-order valence-electron chi connectivity index (χ4n) is 3.07. The van der Waals surface area contributed by atoms with Crippen molar-refractivity contribution >= 4 is 34.5 Å². The van der Waals surface area contributed by atoms with Crippen molar-refractivity contribution in [1.82, 2.24) is 9.38 Å². The summed E-state index contributed by atoms with van der Waals surface area (Å²) in [4.78, 5) is 27.5. The van der Waals surface area contributed by atoms with Gasteiger partial charge in [0.1, 0.15) is 17.3 Å². The molecule has 9 nitrogen and oxygen atoms in total. The summed E-state index contributed by atoms with van der Waals surface area (Å²) in [5.74, 6) is 0.361. The predicted octanol–water partition coefficient (Wildman–Crippen LogP) is 4.74. The molecule has 0 aliphatic heterocycles. The maximum Gasteiger partial charge on any atom is 0.288 e. The van der Waals surface area contributed by atoms with Gasteiger partial charge in [0.25, 0.3) is 11.6 Å². The molecule has 1 N–H and O–H groups in total. The van der Waals surface area contributed by atoms with Crippen molar-refractivity contribution in [3.8, 4) is 11.5 Å². The normalized spacial score (nSPS) is 10.7. The molecule has 0 spiro atoms. The number of hydrogen-bond acceptors (Lipinski definition) is 6. The molecule has 0 bridgehead atoms. The Hall–Kier alpha value is -4.11. The number of carbonyl (C=O) groups is 1. The first kappa shape index (κ1) is 21.1. The van der Waals surface area contributed by atoms with E-state index in [9.17, 15) is 14.9 Å². The summed E-state index contributed by atoms with van der Waals surface area (Å²) in [7, 11) is 1.51. The molecule has 0 radical (unpaired) electrons. The third-order valence-electron chi connectivity index (χ3n) is 4.62. The van der Waals surface area contributed by atoms with Crippen molar-refractivity contribution < 1.29 is 19.2 Å². The summed E-state index contributed by atoms with van der Waals surface area (Å²) in [6, 6.07) is 14.4. The van der Waals surface area contributed by atoms with E-state index in [0.29, 0.717) is 17.2 Å². The van der Waals surface area contributed by atoms with E-state index in [1.165, 1.54) is 19.2 Å². The quantitative estimate of drug-likeness (QED) is 0.320. The number of nitrogens with one attached hydrogen (secondary N) is 1. The minimum absolute atomic E-state index is 0.0429. The predicted molar refractivity (Wildman–Crippen MR) is 119 cm³/mol. The first-order chi connectivity index (χ1) is 15.4. The van der Waals surface area contributed by atoms with Crippen LogP contribution in [0.5, 0.6) is 11.5 Å². The zero-order valence-electron chi connectivity index (χ0n) is 16.8. The van der Waals surface area contributed by atoms with Gasteiger partial charge < -0.3 is 19.2 Å². The molecule has 2 heterocycles. The number of ether oxygens (including phenoxy) is 2. The Bertz CT molecular complexity index is 1290. The van der Waals surface area contributed by atoms with Crippen LogP contribution in [0.1, 0.15) is 16.1 Å². The topological polar surface area (TPSA) is 108 Å². The van der Waals surface area contributed by atoms with Gasteiger partial charge in [-0.25, -0.2) is 4.98 Å². The van der Waals surface area contributed by atoms with Crippen LogP contribution in [0.4, 0.5) is 11.4 Å². The summed E-state index contributed by atoms with van der Waals surface area (Å²) in [6.07, 6.45) is 3.75. The number of nitrogens with zero attached hydrogens (tertiary/aromatic N) is 3. The molecule has 0 unspecified atom stereocenters. The number of carbonyl (C=O) groups excluding carboxylic acids is 1. The Morgan fingerprint density at radius 3 is 2.78 bits per heavy atom. The summed E-state index contributed by atoms with van der Waals surface area (Å²) in [5, 5.41) is 13.7. The van der Waals surface area contributed by atoms with Gasteiger partial charge >= 0.3 is 0 Å². The number of anilines is 1. The van der Waals surface area contributed by atoms with Gasteiger partial charge in [-0.05, 0) is 36.4 Å². The molecule has 0 fully saturated rings. The molecular formula is C22H17ClN4O5. The second-order valence-electron chi connectivity index (χ2n) is 6.73. The molecule has 0 aliphatic carbocycles. The smallest absolute Gasteiger partial charge is 0.288 e. The summed E-state index contributed by atoms with van der Waals surface area (Å²) < 4.78 is 13.1. The number of halogens is 1. The number of pyridine rings is 1. The van der Waals surface area contributed by atoms with E-state index < -0.39 is 10.8 Å². The van der Waals surface area contributed by atoms with Crippen molar-refractivity contribution in [3.63, 3.8) is 0 Å². The Labute approximate surface area is 187 Å². The maximum absolute atomic E-state index is 12.6. The largest absolute Gasteiger partial charge is 0.493 e. The number of hydrogen-bond donors (Lipinski definition) is 1. The number of aromatic nitrogens is 2. The second-order valence-corrected chi connectivity index (χ2v) is 7.14. The number of fused-ring (bicyclic) bond motifs is 1. The van der Waals surface area contributed by atoms with Crippen LogP contribution in [0.3, 0.4) is 0 Å². The van der Waals surface area contributed by atoms with Crippen LogP contribution in [0.15, 0.2) is 67.0 Å². The molecule has 4 rings (SSSR count). The molecule has 0 aliphatic rings. The molecule has 0 atom stereocenters. The fraction of sp³-hybridized carbons (Fsp3) is 0.0909. The lowest BCUT2D eigenvalue weighted by molar-refractivity contribution is -0.384.